The van der Waals surface area contributed by atoms with Gasteiger partial charge in [-0.3, -0.25) is 4.79 Å². The lowest BCUT2D eigenvalue weighted by atomic mass is 9.90. The minimum atomic E-state index is -0.335. The van der Waals surface area contributed by atoms with Crippen LogP contribution in [0.4, 0.5) is 0 Å². The third kappa shape index (κ3) is 1.93. The van der Waals surface area contributed by atoms with Crippen LogP contribution in [-0.2, 0) is 0 Å². The first kappa shape index (κ1) is 10.7. The topological polar surface area (TPSA) is 26.3 Å². The Bertz CT molecular complexity index is 414. The number of halogens is 1. The maximum atomic E-state index is 11.9. The standard InChI is InChI=1S/C12H13BrO2/c1-3-12(2)7-10(14)9-6-8(13)4-5-11(9)15-12/h4-6H,3,7H2,1-2H3. The zero-order valence-electron chi connectivity index (χ0n) is 8.84. The Hall–Kier alpha value is -0.830. The average Bonchev–Trinajstić information content (AvgIpc) is 2.20. The van der Waals surface area contributed by atoms with Gasteiger partial charge in [0.25, 0.3) is 0 Å². The first-order valence-corrected chi connectivity index (χ1v) is 5.85. The van der Waals surface area contributed by atoms with E-state index in [0.717, 1.165) is 10.9 Å². The van der Waals surface area contributed by atoms with Crippen LogP contribution in [0.1, 0.15) is 37.0 Å². The number of ether oxygens (including phenoxy) is 1. The van der Waals surface area contributed by atoms with E-state index in [1.54, 1.807) is 0 Å². The van der Waals surface area contributed by atoms with Crippen molar-refractivity contribution >= 4 is 21.7 Å². The second kappa shape index (κ2) is 3.63. The molecule has 0 saturated heterocycles. The molecule has 2 rings (SSSR count). The molecule has 80 valence electrons. The van der Waals surface area contributed by atoms with Gasteiger partial charge in [0.05, 0.1) is 12.0 Å². The first-order chi connectivity index (χ1) is 7.04. The van der Waals surface area contributed by atoms with Gasteiger partial charge in [0.2, 0.25) is 0 Å². The van der Waals surface area contributed by atoms with Crippen molar-refractivity contribution < 1.29 is 9.53 Å². The Kier molecular flexibility index (Phi) is 2.59. The molecule has 0 N–H and O–H groups in total. The van der Waals surface area contributed by atoms with Crippen LogP contribution >= 0.6 is 15.9 Å². The highest BCUT2D eigenvalue weighted by Crippen LogP contribution is 2.36. The number of rotatable bonds is 1. The van der Waals surface area contributed by atoms with Gasteiger partial charge in [0, 0.05) is 4.47 Å². The molecule has 0 aromatic heterocycles. The number of Topliss-reactive ketones (excluding diaryl/α,β-unsaturated/α-hetero) is 1. The van der Waals surface area contributed by atoms with Crippen molar-refractivity contribution in [3.63, 3.8) is 0 Å². The third-order valence-corrected chi connectivity index (χ3v) is 3.37. The van der Waals surface area contributed by atoms with Crippen LogP contribution in [0.25, 0.3) is 0 Å². The fourth-order valence-electron chi connectivity index (χ4n) is 1.74. The molecule has 1 aromatic carbocycles. The maximum Gasteiger partial charge on any atom is 0.170 e. The van der Waals surface area contributed by atoms with Crippen molar-refractivity contribution in [2.24, 2.45) is 0 Å². The first-order valence-electron chi connectivity index (χ1n) is 5.06. The predicted molar refractivity (Wildman–Crippen MR) is 62.4 cm³/mol. The molecular weight excluding hydrogens is 256 g/mol. The van der Waals surface area contributed by atoms with Crippen LogP contribution in [-0.4, -0.2) is 11.4 Å². The second-order valence-electron chi connectivity index (χ2n) is 4.15. The number of ketones is 1. The number of benzene rings is 1. The van der Waals surface area contributed by atoms with Gasteiger partial charge in [-0.1, -0.05) is 22.9 Å². The summed E-state index contributed by atoms with van der Waals surface area (Å²) in [5.74, 6) is 0.876. The fourth-order valence-corrected chi connectivity index (χ4v) is 2.10. The van der Waals surface area contributed by atoms with Crippen LogP contribution < -0.4 is 4.74 Å². The Morgan fingerprint density at radius 1 is 1.53 bits per heavy atom. The Labute approximate surface area is 97.8 Å². The van der Waals surface area contributed by atoms with Crippen LogP contribution in [0.2, 0.25) is 0 Å². The molecule has 0 radical (unpaired) electrons. The lowest BCUT2D eigenvalue weighted by Crippen LogP contribution is -2.38. The van der Waals surface area contributed by atoms with Crippen molar-refractivity contribution in [2.75, 3.05) is 0 Å². The van der Waals surface area contributed by atoms with Crippen molar-refractivity contribution in [3.8, 4) is 5.75 Å². The number of hydrogen-bond donors (Lipinski definition) is 0. The van der Waals surface area contributed by atoms with E-state index in [9.17, 15) is 4.79 Å². The van der Waals surface area contributed by atoms with Gasteiger partial charge in [-0.15, -0.1) is 0 Å². The summed E-state index contributed by atoms with van der Waals surface area (Å²) in [6.07, 6.45) is 1.31. The monoisotopic (exact) mass is 268 g/mol. The summed E-state index contributed by atoms with van der Waals surface area (Å²) >= 11 is 3.36. The van der Waals surface area contributed by atoms with E-state index in [-0.39, 0.29) is 11.4 Å². The van der Waals surface area contributed by atoms with E-state index in [4.69, 9.17) is 4.74 Å². The summed E-state index contributed by atoms with van der Waals surface area (Å²) in [6, 6.07) is 5.57. The molecule has 1 aromatic rings. The predicted octanol–water partition coefficient (Wildman–Crippen LogP) is 3.58. The molecule has 1 heterocycles. The second-order valence-corrected chi connectivity index (χ2v) is 5.06. The van der Waals surface area contributed by atoms with Gasteiger partial charge >= 0.3 is 0 Å². The number of hydrogen-bond acceptors (Lipinski definition) is 2. The lowest BCUT2D eigenvalue weighted by Gasteiger charge is -2.34. The SMILES string of the molecule is CCC1(C)CC(=O)c2cc(Br)ccc2O1. The quantitative estimate of drug-likeness (QED) is 0.778. The van der Waals surface area contributed by atoms with Crippen LogP contribution in [0.3, 0.4) is 0 Å². The van der Waals surface area contributed by atoms with Gasteiger partial charge in [-0.2, -0.15) is 0 Å². The summed E-state index contributed by atoms with van der Waals surface area (Å²) < 4.78 is 6.77. The van der Waals surface area contributed by atoms with E-state index in [2.05, 4.69) is 15.9 Å². The van der Waals surface area contributed by atoms with Crippen LogP contribution in [0.5, 0.6) is 5.75 Å². The van der Waals surface area contributed by atoms with E-state index < -0.39 is 0 Å². The number of carbonyl (C=O) groups excluding carboxylic acids is 1. The molecular formula is C12H13BrO2. The number of fused-ring (bicyclic) bond motifs is 1. The van der Waals surface area contributed by atoms with E-state index in [1.807, 2.05) is 32.0 Å². The van der Waals surface area contributed by atoms with Gasteiger partial charge in [-0.25, -0.2) is 0 Å². The molecule has 0 fully saturated rings. The van der Waals surface area contributed by atoms with Crippen molar-refractivity contribution in [1.82, 2.24) is 0 Å². The fraction of sp³-hybridized carbons (Fsp3) is 0.417. The highest BCUT2D eigenvalue weighted by atomic mass is 79.9. The highest BCUT2D eigenvalue weighted by Gasteiger charge is 2.34. The average molecular weight is 269 g/mol. The largest absolute Gasteiger partial charge is 0.486 e. The molecule has 0 saturated carbocycles. The smallest absolute Gasteiger partial charge is 0.170 e. The molecule has 0 amide bonds. The Morgan fingerprint density at radius 3 is 2.93 bits per heavy atom. The summed E-state index contributed by atoms with van der Waals surface area (Å²) in [6.45, 7) is 4.02. The molecule has 0 spiro atoms. The molecule has 1 unspecified atom stereocenters. The maximum absolute atomic E-state index is 11.9. The van der Waals surface area contributed by atoms with Crippen LogP contribution in [0.15, 0.2) is 22.7 Å². The molecule has 1 aliphatic rings. The van der Waals surface area contributed by atoms with Crippen molar-refractivity contribution in [2.45, 2.75) is 32.3 Å². The molecule has 3 heteroatoms. The Morgan fingerprint density at radius 2 is 2.27 bits per heavy atom. The molecule has 0 bridgehead atoms. The van der Waals surface area contributed by atoms with E-state index in [0.29, 0.717) is 17.7 Å². The zero-order chi connectivity index (χ0) is 11.1. The molecule has 1 atom stereocenters. The van der Waals surface area contributed by atoms with Gasteiger partial charge in [0.1, 0.15) is 11.4 Å². The lowest BCUT2D eigenvalue weighted by molar-refractivity contribution is 0.0499. The molecule has 15 heavy (non-hydrogen) atoms. The third-order valence-electron chi connectivity index (χ3n) is 2.88. The Balaban J connectivity index is 2.45. The van der Waals surface area contributed by atoms with Gasteiger partial charge in [-0.05, 0) is 31.5 Å². The molecule has 0 aliphatic carbocycles. The van der Waals surface area contributed by atoms with Crippen LogP contribution in [0, 0.1) is 0 Å². The zero-order valence-corrected chi connectivity index (χ0v) is 10.4. The van der Waals surface area contributed by atoms with Gasteiger partial charge in [0.15, 0.2) is 5.78 Å². The minimum absolute atomic E-state index is 0.168. The van der Waals surface area contributed by atoms with Gasteiger partial charge < -0.3 is 4.74 Å². The summed E-state index contributed by atoms with van der Waals surface area (Å²) in [5.41, 5.74) is 0.355. The highest BCUT2D eigenvalue weighted by molar-refractivity contribution is 9.10. The molecule has 1 aliphatic heterocycles. The van der Waals surface area contributed by atoms with Crippen molar-refractivity contribution in [3.05, 3.63) is 28.2 Å². The number of carbonyl (C=O) groups is 1. The van der Waals surface area contributed by atoms with E-state index in [1.165, 1.54) is 0 Å². The van der Waals surface area contributed by atoms with E-state index >= 15 is 0 Å². The normalized spacial score (nSPS) is 24.6. The summed E-state index contributed by atoms with van der Waals surface area (Å²) in [4.78, 5) is 11.9. The summed E-state index contributed by atoms with van der Waals surface area (Å²) in [7, 11) is 0. The minimum Gasteiger partial charge on any atom is -0.486 e. The summed E-state index contributed by atoms with van der Waals surface area (Å²) in [5, 5.41) is 0. The molecule has 2 nitrogen and oxygen atoms in total. The van der Waals surface area contributed by atoms with Crippen molar-refractivity contribution in [1.29, 1.82) is 0 Å².